The minimum Gasteiger partial charge on any atom is -0.298 e. The van der Waals surface area contributed by atoms with E-state index in [1.54, 1.807) is 0 Å². The molecule has 0 saturated carbocycles. The topological polar surface area (TPSA) is 34.9 Å². The highest BCUT2D eigenvalue weighted by molar-refractivity contribution is 5.76. The van der Waals surface area contributed by atoms with Crippen LogP contribution in [0.4, 0.5) is 0 Å². The van der Waals surface area contributed by atoms with E-state index >= 15 is 0 Å². The van der Waals surface area contributed by atoms with Gasteiger partial charge in [0, 0.05) is 12.1 Å². The number of carbonyl (C=O) groups excluding carboxylic acids is 1. The van der Waals surface area contributed by atoms with Crippen molar-refractivity contribution in [3.8, 4) is 0 Å². The van der Waals surface area contributed by atoms with Crippen LogP contribution < -0.4 is 0 Å². The molecule has 88 valence electrons. The zero-order chi connectivity index (χ0) is 12.3. The minimum absolute atomic E-state index is 0.0933. The van der Waals surface area contributed by atoms with Crippen molar-refractivity contribution in [3.63, 3.8) is 0 Å². The molecule has 0 amide bonds. The molecule has 0 bridgehead atoms. The molecule has 1 unspecified atom stereocenters. The van der Waals surface area contributed by atoms with E-state index in [9.17, 15) is 4.79 Å². The zero-order valence-electron chi connectivity index (χ0n) is 10.5. The summed E-state index contributed by atoms with van der Waals surface area (Å²) < 4.78 is 1.85. The standard InChI is InChI=1S/C13H20N2O/c1-6-7-10(2)12-11(9-16)8-15(14-12)13(3,4)5/h6,8-10H,1,7H2,2-5H3. The van der Waals surface area contributed by atoms with Gasteiger partial charge in [0.25, 0.3) is 0 Å². The van der Waals surface area contributed by atoms with Crippen LogP contribution in [-0.2, 0) is 5.54 Å². The third kappa shape index (κ3) is 2.60. The Morgan fingerprint density at radius 2 is 2.19 bits per heavy atom. The van der Waals surface area contributed by atoms with Crippen LogP contribution >= 0.6 is 0 Å². The number of carbonyl (C=O) groups is 1. The summed E-state index contributed by atoms with van der Waals surface area (Å²) >= 11 is 0. The van der Waals surface area contributed by atoms with Crippen LogP contribution in [0.1, 0.15) is 56.1 Å². The van der Waals surface area contributed by atoms with E-state index in [1.807, 2.05) is 17.0 Å². The second kappa shape index (κ2) is 4.64. The molecule has 0 spiro atoms. The predicted molar refractivity (Wildman–Crippen MR) is 65.8 cm³/mol. The SMILES string of the molecule is C=CCC(C)c1nn(C(C)(C)C)cc1C=O. The van der Waals surface area contributed by atoms with Crippen LogP contribution in [0.25, 0.3) is 0 Å². The van der Waals surface area contributed by atoms with Crippen LogP contribution in [0.5, 0.6) is 0 Å². The van der Waals surface area contributed by atoms with Crippen LogP contribution in [0.3, 0.4) is 0 Å². The molecular weight excluding hydrogens is 200 g/mol. The van der Waals surface area contributed by atoms with Crippen molar-refractivity contribution in [2.75, 3.05) is 0 Å². The Labute approximate surface area is 97.2 Å². The van der Waals surface area contributed by atoms with Crippen LogP contribution in [0, 0.1) is 0 Å². The molecule has 1 rings (SSSR count). The van der Waals surface area contributed by atoms with E-state index in [2.05, 4.69) is 39.4 Å². The van der Waals surface area contributed by atoms with E-state index in [0.29, 0.717) is 5.56 Å². The van der Waals surface area contributed by atoms with Gasteiger partial charge in [0.2, 0.25) is 0 Å². The molecule has 0 aliphatic carbocycles. The first kappa shape index (κ1) is 12.7. The predicted octanol–water partition coefficient (Wildman–Crippen LogP) is 3.13. The Bertz CT molecular complexity index is 385. The lowest BCUT2D eigenvalue weighted by atomic mass is 10.0. The Morgan fingerprint density at radius 3 is 2.62 bits per heavy atom. The molecule has 1 heterocycles. The molecule has 1 aromatic heterocycles. The molecule has 0 radical (unpaired) electrons. The molecule has 3 nitrogen and oxygen atoms in total. The van der Waals surface area contributed by atoms with E-state index < -0.39 is 0 Å². The van der Waals surface area contributed by atoms with Gasteiger partial charge >= 0.3 is 0 Å². The highest BCUT2D eigenvalue weighted by Crippen LogP contribution is 2.23. The third-order valence-electron chi connectivity index (χ3n) is 2.57. The highest BCUT2D eigenvalue weighted by atomic mass is 16.1. The molecule has 0 aliphatic heterocycles. The van der Waals surface area contributed by atoms with E-state index in [-0.39, 0.29) is 11.5 Å². The van der Waals surface area contributed by atoms with Gasteiger partial charge in [-0.25, -0.2) is 0 Å². The van der Waals surface area contributed by atoms with Gasteiger partial charge in [-0.1, -0.05) is 13.0 Å². The summed E-state index contributed by atoms with van der Waals surface area (Å²) in [7, 11) is 0. The van der Waals surface area contributed by atoms with E-state index in [4.69, 9.17) is 0 Å². The number of aldehydes is 1. The van der Waals surface area contributed by atoms with E-state index in [1.165, 1.54) is 0 Å². The van der Waals surface area contributed by atoms with Crippen molar-refractivity contribution >= 4 is 6.29 Å². The van der Waals surface area contributed by atoms with Crippen molar-refractivity contribution in [3.05, 3.63) is 30.1 Å². The van der Waals surface area contributed by atoms with Gasteiger partial charge in [-0.15, -0.1) is 6.58 Å². The Kier molecular flexibility index (Phi) is 3.68. The summed E-state index contributed by atoms with van der Waals surface area (Å²) in [5.74, 6) is 0.237. The molecule has 0 saturated heterocycles. The summed E-state index contributed by atoms with van der Waals surface area (Å²) in [5.41, 5.74) is 1.46. The molecule has 0 N–H and O–H groups in total. The lowest BCUT2D eigenvalue weighted by Crippen LogP contribution is -2.22. The fourth-order valence-corrected chi connectivity index (χ4v) is 1.58. The van der Waals surface area contributed by atoms with Crippen LogP contribution in [0.15, 0.2) is 18.9 Å². The normalized spacial score (nSPS) is 13.5. The molecular formula is C13H20N2O. The molecule has 16 heavy (non-hydrogen) atoms. The quantitative estimate of drug-likeness (QED) is 0.577. The second-order valence-corrected chi connectivity index (χ2v) is 5.13. The Hall–Kier alpha value is -1.38. The van der Waals surface area contributed by atoms with Crippen molar-refractivity contribution in [1.29, 1.82) is 0 Å². The van der Waals surface area contributed by atoms with Crippen molar-refractivity contribution < 1.29 is 4.79 Å². The van der Waals surface area contributed by atoms with Crippen molar-refractivity contribution in [2.45, 2.75) is 45.6 Å². The second-order valence-electron chi connectivity index (χ2n) is 5.13. The fraction of sp³-hybridized carbons (Fsp3) is 0.538. The largest absolute Gasteiger partial charge is 0.298 e. The monoisotopic (exact) mass is 220 g/mol. The molecule has 1 aromatic rings. The molecule has 0 aromatic carbocycles. The summed E-state index contributed by atoms with van der Waals surface area (Å²) in [6.45, 7) is 12.0. The number of hydrogen-bond acceptors (Lipinski definition) is 2. The van der Waals surface area contributed by atoms with Crippen LogP contribution in [-0.4, -0.2) is 16.1 Å². The molecule has 3 heteroatoms. The lowest BCUT2D eigenvalue weighted by Gasteiger charge is -2.19. The third-order valence-corrected chi connectivity index (χ3v) is 2.57. The maximum absolute atomic E-state index is 11.0. The molecule has 0 aliphatic rings. The lowest BCUT2D eigenvalue weighted by molar-refractivity contribution is 0.112. The Morgan fingerprint density at radius 1 is 1.56 bits per heavy atom. The number of hydrogen-bond donors (Lipinski definition) is 0. The van der Waals surface area contributed by atoms with Crippen molar-refractivity contribution in [1.82, 2.24) is 9.78 Å². The number of aromatic nitrogens is 2. The summed E-state index contributed by atoms with van der Waals surface area (Å²) in [5, 5.41) is 4.51. The first-order valence-electron chi connectivity index (χ1n) is 5.56. The summed E-state index contributed by atoms with van der Waals surface area (Å²) in [6.07, 6.45) is 5.39. The average Bonchev–Trinajstić information content (AvgIpc) is 2.61. The van der Waals surface area contributed by atoms with Gasteiger partial charge in [0.1, 0.15) is 0 Å². The number of rotatable bonds is 4. The number of nitrogens with zero attached hydrogens (tertiary/aromatic N) is 2. The maximum atomic E-state index is 11.0. The van der Waals surface area contributed by atoms with Gasteiger partial charge in [-0.3, -0.25) is 9.48 Å². The zero-order valence-corrected chi connectivity index (χ0v) is 10.5. The molecule has 0 fully saturated rings. The number of allylic oxidation sites excluding steroid dienone is 1. The van der Waals surface area contributed by atoms with Crippen LogP contribution in [0.2, 0.25) is 0 Å². The first-order chi connectivity index (χ1) is 7.40. The summed E-state index contributed by atoms with van der Waals surface area (Å²) in [6, 6.07) is 0. The van der Waals surface area contributed by atoms with Gasteiger partial charge in [-0.2, -0.15) is 5.10 Å². The Balaban J connectivity index is 3.13. The maximum Gasteiger partial charge on any atom is 0.153 e. The molecule has 1 atom stereocenters. The van der Waals surface area contributed by atoms with Gasteiger partial charge in [-0.05, 0) is 27.2 Å². The summed E-state index contributed by atoms with van der Waals surface area (Å²) in [4.78, 5) is 11.0. The van der Waals surface area contributed by atoms with Gasteiger partial charge < -0.3 is 0 Å². The van der Waals surface area contributed by atoms with Gasteiger partial charge in [0.05, 0.1) is 16.8 Å². The average molecular weight is 220 g/mol. The fourth-order valence-electron chi connectivity index (χ4n) is 1.58. The first-order valence-corrected chi connectivity index (χ1v) is 5.56. The smallest absolute Gasteiger partial charge is 0.153 e. The minimum atomic E-state index is -0.0933. The van der Waals surface area contributed by atoms with E-state index in [0.717, 1.165) is 18.4 Å². The van der Waals surface area contributed by atoms with Gasteiger partial charge in [0.15, 0.2) is 6.29 Å². The highest BCUT2D eigenvalue weighted by Gasteiger charge is 2.20. The van der Waals surface area contributed by atoms with Crippen molar-refractivity contribution in [2.24, 2.45) is 0 Å².